The summed E-state index contributed by atoms with van der Waals surface area (Å²) in [5.41, 5.74) is 2.00. The lowest BCUT2D eigenvalue weighted by molar-refractivity contribution is 0.750. The van der Waals surface area contributed by atoms with Gasteiger partial charge in [0.05, 0.1) is 5.56 Å². The summed E-state index contributed by atoms with van der Waals surface area (Å²) in [4.78, 5) is 1.14. The predicted molar refractivity (Wildman–Crippen MR) is 61.5 cm³/mol. The molecule has 0 fully saturated rings. The van der Waals surface area contributed by atoms with Gasteiger partial charge in [-0.25, -0.2) is 0 Å². The molecule has 0 saturated carbocycles. The van der Waals surface area contributed by atoms with Gasteiger partial charge >= 0.3 is 0 Å². The molecule has 0 heterocycles. The van der Waals surface area contributed by atoms with Gasteiger partial charge in [-0.2, -0.15) is 5.26 Å². The molecule has 2 heteroatoms. The third-order valence-electron chi connectivity index (χ3n) is 1.89. The molecule has 0 unspecified atom stereocenters. The van der Waals surface area contributed by atoms with Crippen LogP contribution in [0, 0.1) is 24.2 Å². The van der Waals surface area contributed by atoms with Crippen LogP contribution < -0.4 is 0 Å². The number of hydrogen-bond donors (Lipinski definition) is 0. The van der Waals surface area contributed by atoms with Crippen molar-refractivity contribution in [2.24, 2.45) is 5.92 Å². The average molecular weight is 205 g/mol. The predicted octanol–water partition coefficient (Wildman–Crippen LogP) is 3.61. The van der Waals surface area contributed by atoms with Crippen molar-refractivity contribution in [3.63, 3.8) is 0 Å². The Morgan fingerprint density at radius 2 is 2.14 bits per heavy atom. The van der Waals surface area contributed by atoms with E-state index in [0.717, 1.165) is 16.2 Å². The molecule has 1 rings (SSSR count). The van der Waals surface area contributed by atoms with E-state index in [4.69, 9.17) is 5.26 Å². The van der Waals surface area contributed by atoms with Crippen LogP contribution in [0.15, 0.2) is 23.1 Å². The van der Waals surface area contributed by atoms with E-state index in [9.17, 15) is 0 Å². The van der Waals surface area contributed by atoms with E-state index >= 15 is 0 Å². The van der Waals surface area contributed by atoms with E-state index in [1.807, 2.05) is 12.1 Å². The first-order chi connectivity index (χ1) is 6.65. The fourth-order valence-corrected chi connectivity index (χ4v) is 2.25. The SMILES string of the molecule is Cc1cccc(C#N)c1SCC(C)C. The Morgan fingerprint density at radius 3 is 2.71 bits per heavy atom. The Morgan fingerprint density at radius 1 is 1.43 bits per heavy atom. The van der Waals surface area contributed by atoms with Crippen LogP contribution >= 0.6 is 11.8 Å². The zero-order chi connectivity index (χ0) is 10.6. The third kappa shape index (κ3) is 2.78. The summed E-state index contributed by atoms with van der Waals surface area (Å²) in [5.74, 6) is 1.73. The molecule has 1 nitrogen and oxygen atoms in total. The molecule has 0 bridgehead atoms. The van der Waals surface area contributed by atoms with Gasteiger partial charge in [0.1, 0.15) is 6.07 Å². The Labute approximate surface area is 90.1 Å². The van der Waals surface area contributed by atoms with Gasteiger partial charge in [-0.3, -0.25) is 0 Å². The molecule has 0 aromatic heterocycles. The van der Waals surface area contributed by atoms with E-state index < -0.39 is 0 Å². The van der Waals surface area contributed by atoms with E-state index in [2.05, 4.69) is 32.9 Å². The van der Waals surface area contributed by atoms with E-state index in [-0.39, 0.29) is 0 Å². The minimum atomic E-state index is 0.658. The lowest BCUT2D eigenvalue weighted by Gasteiger charge is -2.08. The maximum absolute atomic E-state index is 8.94. The van der Waals surface area contributed by atoms with Crippen molar-refractivity contribution in [3.8, 4) is 6.07 Å². The fraction of sp³-hybridized carbons (Fsp3) is 0.417. The lowest BCUT2D eigenvalue weighted by atomic mass is 10.1. The maximum Gasteiger partial charge on any atom is 0.100 e. The number of nitrogens with zero attached hydrogens (tertiary/aromatic N) is 1. The van der Waals surface area contributed by atoms with Crippen LogP contribution in [0.3, 0.4) is 0 Å². The molecule has 0 atom stereocenters. The quantitative estimate of drug-likeness (QED) is 0.704. The molecular formula is C12H15NS. The van der Waals surface area contributed by atoms with Gasteiger partial charge in [-0.15, -0.1) is 11.8 Å². The molecule has 0 saturated heterocycles. The van der Waals surface area contributed by atoms with Gasteiger partial charge in [0.25, 0.3) is 0 Å². The molecule has 0 aliphatic carbocycles. The third-order valence-corrected chi connectivity index (χ3v) is 3.56. The highest BCUT2D eigenvalue weighted by atomic mass is 32.2. The van der Waals surface area contributed by atoms with Crippen molar-refractivity contribution in [2.75, 3.05) is 5.75 Å². The van der Waals surface area contributed by atoms with E-state index in [1.54, 1.807) is 11.8 Å². The Balaban J connectivity index is 2.89. The summed E-state index contributed by atoms with van der Waals surface area (Å²) in [6.07, 6.45) is 0. The first-order valence-electron chi connectivity index (χ1n) is 4.77. The van der Waals surface area contributed by atoms with Crippen molar-refractivity contribution >= 4 is 11.8 Å². The highest BCUT2D eigenvalue weighted by molar-refractivity contribution is 7.99. The van der Waals surface area contributed by atoms with Crippen molar-refractivity contribution in [2.45, 2.75) is 25.7 Å². The first-order valence-corrected chi connectivity index (χ1v) is 5.76. The standard InChI is InChI=1S/C12H15NS/c1-9(2)8-14-12-10(3)5-4-6-11(12)7-13/h4-6,9H,8H2,1-3H3. The molecule has 1 aromatic carbocycles. The number of rotatable bonds is 3. The number of nitriles is 1. The fourth-order valence-electron chi connectivity index (χ4n) is 1.18. The molecule has 0 amide bonds. The zero-order valence-corrected chi connectivity index (χ0v) is 9.69. The van der Waals surface area contributed by atoms with Crippen LogP contribution in [-0.2, 0) is 0 Å². The van der Waals surface area contributed by atoms with Crippen molar-refractivity contribution < 1.29 is 0 Å². The number of thioether (sulfide) groups is 1. The molecule has 0 aliphatic rings. The van der Waals surface area contributed by atoms with Crippen LogP contribution in [0.2, 0.25) is 0 Å². The van der Waals surface area contributed by atoms with Gasteiger partial charge in [0.15, 0.2) is 0 Å². The van der Waals surface area contributed by atoms with Crippen LogP contribution in [0.5, 0.6) is 0 Å². The van der Waals surface area contributed by atoms with Crippen molar-refractivity contribution in [3.05, 3.63) is 29.3 Å². The topological polar surface area (TPSA) is 23.8 Å². The van der Waals surface area contributed by atoms with E-state index in [1.165, 1.54) is 5.56 Å². The van der Waals surface area contributed by atoms with Crippen molar-refractivity contribution in [1.29, 1.82) is 5.26 Å². The highest BCUT2D eigenvalue weighted by Gasteiger charge is 2.06. The summed E-state index contributed by atoms with van der Waals surface area (Å²) < 4.78 is 0. The largest absolute Gasteiger partial charge is 0.192 e. The Kier molecular flexibility index (Phi) is 4.03. The molecule has 0 aliphatic heterocycles. The second-order valence-corrected chi connectivity index (χ2v) is 4.80. The normalized spacial score (nSPS) is 10.2. The summed E-state index contributed by atoms with van der Waals surface area (Å²) in [5, 5.41) is 8.94. The monoisotopic (exact) mass is 205 g/mol. The number of hydrogen-bond acceptors (Lipinski definition) is 2. The minimum Gasteiger partial charge on any atom is -0.192 e. The molecule has 74 valence electrons. The molecule has 14 heavy (non-hydrogen) atoms. The number of benzene rings is 1. The summed E-state index contributed by atoms with van der Waals surface area (Å²) in [6, 6.07) is 8.12. The van der Waals surface area contributed by atoms with Gasteiger partial charge < -0.3 is 0 Å². The first kappa shape index (κ1) is 11.1. The van der Waals surface area contributed by atoms with Gasteiger partial charge in [0.2, 0.25) is 0 Å². The van der Waals surface area contributed by atoms with Crippen molar-refractivity contribution in [1.82, 2.24) is 0 Å². The minimum absolute atomic E-state index is 0.658. The second-order valence-electron chi connectivity index (χ2n) is 3.77. The number of aryl methyl sites for hydroxylation is 1. The molecule has 0 N–H and O–H groups in total. The van der Waals surface area contributed by atoms with Crippen LogP contribution in [0.4, 0.5) is 0 Å². The summed E-state index contributed by atoms with van der Waals surface area (Å²) in [6.45, 7) is 6.44. The molecular weight excluding hydrogens is 190 g/mol. The second kappa shape index (κ2) is 5.07. The Hall–Kier alpha value is -0.940. The molecule has 0 spiro atoms. The Bertz CT molecular complexity index is 350. The lowest BCUT2D eigenvalue weighted by Crippen LogP contribution is -1.93. The summed E-state index contributed by atoms with van der Waals surface area (Å²) in [7, 11) is 0. The zero-order valence-electron chi connectivity index (χ0n) is 8.87. The molecule has 0 radical (unpaired) electrons. The average Bonchev–Trinajstić information content (AvgIpc) is 2.15. The summed E-state index contributed by atoms with van der Waals surface area (Å²) >= 11 is 1.78. The molecule has 1 aromatic rings. The van der Waals surface area contributed by atoms with Gasteiger partial charge in [-0.1, -0.05) is 26.0 Å². The smallest absolute Gasteiger partial charge is 0.100 e. The van der Waals surface area contributed by atoms with Gasteiger partial charge in [0, 0.05) is 10.6 Å². The highest BCUT2D eigenvalue weighted by Crippen LogP contribution is 2.27. The van der Waals surface area contributed by atoms with Gasteiger partial charge in [-0.05, 0) is 24.5 Å². The van der Waals surface area contributed by atoms with E-state index in [0.29, 0.717) is 5.92 Å². The van der Waals surface area contributed by atoms with Crippen LogP contribution in [0.25, 0.3) is 0 Å². The maximum atomic E-state index is 8.94. The van der Waals surface area contributed by atoms with Crippen LogP contribution in [-0.4, -0.2) is 5.75 Å². The van der Waals surface area contributed by atoms with Crippen LogP contribution in [0.1, 0.15) is 25.0 Å².